The largest absolute Gasteiger partial charge is 0.388 e. The first-order valence-electron chi connectivity index (χ1n) is 2.71. The SMILES string of the molecule is CC1C[C@@H](O)[C@@H](O)O1. The minimum absolute atomic E-state index is 0.000000000000000222. The van der Waals surface area contributed by atoms with Gasteiger partial charge in [-0.15, -0.1) is 0 Å². The molecule has 3 heteroatoms. The van der Waals surface area contributed by atoms with E-state index in [-0.39, 0.29) is 6.10 Å². The Balaban J connectivity index is 2.39. The van der Waals surface area contributed by atoms with Crippen LogP contribution in [0.1, 0.15) is 13.3 Å². The molecule has 0 saturated carbocycles. The van der Waals surface area contributed by atoms with Crippen molar-refractivity contribution in [1.29, 1.82) is 0 Å². The Morgan fingerprint density at radius 2 is 2.12 bits per heavy atom. The Hall–Kier alpha value is -0.120. The molecule has 1 unspecified atom stereocenters. The van der Waals surface area contributed by atoms with Crippen LogP contribution in [0.3, 0.4) is 0 Å². The molecule has 0 radical (unpaired) electrons. The zero-order valence-electron chi connectivity index (χ0n) is 4.74. The summed E-state index contributed by atoms with van der Waals surface area (Å²) >= 11 is 0. The molecule has 0 aromatic rings. The normalized spacial score (nSPS) is 47.6. The van der Waals surface area contributed by atoms with Crippen molar-refractivity contribution in [1.82, 2.24) is 0 Å². The maximum absolute atomic E-state index is 8.79. The molecule has 8 heavy (non-hydrogen) atoms. The molecule has 0 aromatic carbocycles. The van der Waals surface area contributed by atoms with E-state index in [1.165, 1.54) is 0 Å². The highest BCUT2D eigenvalue weighted by molar-refractivity contribution is 4.71. The molecule has 48 valence electrons. The van der Waals surface area contributed by atoms with E-state index in [1.54, 1.807) is 0 Å². The van der Waals surface area contributed by atoms with Gasteiger partial charge in [0.1, 0.15) is 6.10 Å². The van der Waals surface area contributed by atoms with Gasteiger partial charge >= 0.3 is 0 Å². The van der Waals surface area contributed by atoms with Crippen molar-refractivity contribution < 1.29 is 14.9 Å². The fourth-order valence-corrected chi connectivity index (χ4v) is 0.841. The number of rotatable bonds is 0. The van der Waals surface area contributed by atoms with Gasteiger partial charge in [-0.25, -0.2) is 0 Å². The van der Waals surface area contributed by atoms with Crippen LogP contribution in [0.2, 0.25) is 0 Å². The van der Waals surface area contributed by atoms with Gasteiger partial charge in [-0.05, 0) is 6.92 Å². The first-order chi connectivity index (χ1) is 3.70. The summed E-state index contributed by atoms with van der Waals surface area (Å²) in [6, 6.07) is 0. The van der Waals surface area contributed by atoms with Gasteiger partial charge in [0.15, 0.2) is 6.29 Å². The van der Waals surface area contributed by atoms with Crippen molar-refractivity contribution in [3.05, 3.63) is 0 Å². The van der Waals surface area contributed by atoms with Crippen LogP contribution in [-0.2, 0) is 4.74 Å². The standard InChI is InChI=1S/C5H10O3/c1-3-2-4(6)5(7)8-3/h3-7H,2H2,1H3/t3?,4-,5+/m1/s1. The van der Waals surface area contributed by atoms with Gasteiger partial charge in [0, 0.05) is 6.42 Å². The van der Waals surface area contributed by atoms with Crippen LogP contribution in [0.4, 0.5) is 0 Å². The van der Waals surface area contributed by atoms with Gasteiger partial charge in [-0.2, -0.15) is 0 Å². The van der Waals surface area contributed by atoms with Crippen LogP contribution < -0.4 is 0 Å². The average Bonchev–Trinajstić information content (AvgIpc) is 1.85. The smallest absolute Gasteiger partial charge is 0.181 e. The number of hydrogen-bond donors (Lipinski definition) is 2. The summed E-state index contributed by atoms with van der Waals surface area (Å²) in [5.74, 6) is 0. The number of aliphatic hydroxyl groups is 2. The van der Waals surface area contributed by atoms with Crippen LogP contribution in [0.5, 0.6) is 0 Å². The van der Waals surface area contributed by atoms with E-state index in [0.29, 0.717) is 6.42 Å². The summed E-state index contributed by atoms with van der Waals surface area (Å²) in [5, 5.41) is 17.5. The first kappa shape index (κ1) is 6.01. The number of aliphatic hydroxyl groups excluding tert-OH is 2. The number of hydrogen-bond acceptors (Lipinski definition) is 3. The van der Waals surface area contributed by atoms with Gasteiger partial charge in [-0.1, -0.05) is 0 Å². The van der Waals surface area contributed by atoms with E-state index in [0.717, 1.165) is 0 Å². The molecule has 0 amide bonds. The summed E-state index contributed by atoms with van der Waals surface area (Å²) in [6.45, 7) is 1.82. The molecule has 3 atom stereocenters. The quantitative estimate of drug-likeness (QED) is 0.449. The maximum atomic E-state index is 8.79. The maximum Gasteiger partial charge on any atom is 0.181 e. The summed E-state index contributed by atoms with van der Waals surface area (Å²) in [4.78, 5) is 0. The Morgan fingerprint density at radius 3 is 2.25 bits per heavy atom. The molecule has 1 fully saturated rings. The van der Waals surface area contributed by atoms with Crippen molar-refractivity contribution in [2.75, 3.05) is 0 Å². The van der Waals surface area contributed by atoms with E-state index in [1.807, 2.05) is 6.92 Å². The average molecular weight is 118 g/mol. The van der Waals surface area contributed by atoms with Crippen LogP contribution in [0, 0.1) is 0 Å². The highest BCUT2D eigenvalue weighted by atomic mass is 16.6. The summed E-state index contributed by atoms with van der Waals surface area (Å²) in [5.41, 5.74) is 0. The summed E-state index contributed by atoms with van der Waals surface area (Å²) < 4.78 is 4.78. The van der Waals surface area contributed by atoms with Crippen molar-refractivity contribution in [3.8, 4) is 0 Å². The Morgan fingerprint density at radius 1 is 1.50 bits per heavy atom. The lowest BCUT2D eigenvalue weighted by Crippen LogP contribution is -2.19. The fraction of sp³-hybridized carbons (Fsp3) is 1.00. The second-order valence-corrected chi connectivity index (χ2v) is 2.14. The van der Waals surface area contributed by atoms with E-state index >= 15 is 0 Å². The van der Waals surface area contributed by atoms with Crippen molar-refractivity contribution in [2.45, 2.75) is 31.8 Å². The van der Waals surface area contributed by atoms with Gasteiger partial charge in [0.05, 0.1) is 6.10 Å². The van der Waals surface area contributed by atoms with E-state index in [9.17, 15) is 0 Å². The van der Waals surface area contributed by atoms with Gasteiger partial charge in [0.2, 0.25) is 0 Å². The lowest BCUT2D eigenvalue weighted by atomic mass is 10.2. The Kier molecular flexibility index (Phi) is 1.51. The lowest BCUT2D eigenvalue weighted by molar-refractivity contribution is -0.123. The highest BCUT2D eigenvalue weighted by Crippen LogP contribution is 2.16. The molecule has 0 aromatic heterocycles. The highest BCUT2D eigenvalue weighted by Gasteiger charge is 2.28. The van der Waals surface area contributed by atoms with Crippen molar-refractivity contribution >= 4 is 0 Å². The van der Waals surface area contributed by atoms with Gasteiger partial charge < -0.3 is 14.9 Å². The fourth-order valence-electron chi connectivity index (χ4n) is 0.841. The van der Waals surface area contributed by atoms with Gasteiger partial charge in [-0.3, -0.25) is 0 Å². The lowest BCUT2D eigenvalue weighted by Gasteiger charge is -2.03. The monoisotopic (exact) mass is 118 g/mol. The molecule has 1 heterocycles. The number of ether oxygens (including phenoxy) is 1. The molecule has 0 bridgehead atoms. The second kappa shape index (κ2) is 2.01. The molecule has 0 spiro atoms. The van der Waals surface area contributed by atoms with Crippen LogP contribution in [-0.4, -0.2) is 28.7 Å². The third kappa shape index (κ3) is 0.992. The van der Waals surface area contributed by atoms with E-state index < -0.39 is 12.4 Å². The third-order valence-electron chi connectivity index (χ3n) is 1.27. The summed E-state index contributed by atoms with van der Waals surface area (Å²) in [6.07, 6.45) is -1.09. The van der Waals surface area contributed by atoms with Crippen LogP contribution in [0.15, 0.2) is 0 Å². The molecule has 1 rings (SSSR count). The molecule has 2 N–H and O–H groups in total. The molecule has 1 aliphatic rings. The summed E-state index contributed by atoms with van der Waals surface area (Å²) in [7, 11) is 0. The molecule has 3 nitrogen and oxygen atoms in total. The topological polar surface area (TPSA) is 49.7 Å². The zero-order chi connectivity index (χ0) is 6.15. The zero-order valence-corrected chi connectivity index (χ0v) is 4.74. The second-order valence-electron chi connectivity index (χ2n) is 2.14. The molecular weight excluding hydrogens is 108 g/mol. The van der Waals surface area contributed by atoms with Crippen molar-refractivity contribution in [2.24, 2.45) is 0 Å². The predicted octanol–water partition coefficient (Wildman–Crippen LogP) is -0.526. The van der Waals surface area contributed by atoms with Gasteiger partial charge in [0.25, 0.3) is 0 Å². The van der Waals surface area contributed by atoms with E-state index in [2.05, 4.69) is 0 Å². The Bertz CT molecular complexity index is 73.7. The molecule has 0 aliphatic carbocycles. The minimum atomic E-state index is -0.954. The van der Waals surface area contributed by atoms with E-state index in [4.69, 9.17) is 14.9 Å². The van der Waals surface area contributed by atoms with Crippen LogP contribution >= 0.6 is 0 Å². The third-order valence-corrected chi connectivity index (χ3v) is 1.27. The minimum Gasteiger partial charge on any atom is -0.388 e. The molecule has 1 aliphatic heterocycles. The first-order valence-corrected chi connectivity index (χ1v) is 2.71. The predicted molar refractivity (Wildman–Crippen MR) is 27.2 cm³/mol. The molecule has 1 saturated heterocycles. The Labute approximate surface area is 47.9 Å². The van der Waals surface area contributed by atoms with Crippen molar-refractivity contribution in [3.63, 3.8) is 0 Å². The molecular formula is C5H10O3. The van der Waals surface area contributed by atoms with Crippen LogP contribution in [0.25, 0.3) is 0 Å².